The number of rotatable bonds is 5. The lowest BCUT2D eigenvalue weighted by Crippen LogP contribution is -2.23. The average Bonchev–Trinajstić information content (AvgIpc) is 3.00. The molecule has 1 aliphatic heterocycles. The van der Waals surface area contributed by atoms with E-state index in [0.717, 1.165) is 42.6 Å². The molecule has 2 atom stereocenters. The van der Waals surface area contributed by atoms with E-state index < -0.39 is 5.97 Å². The average molecular weight is 340 g/mol. The van der Waals surface area contributed by atoms with Crippen LogP contribution in [0.4, 0.5) is 5.82 Å². The van der Waals surface area contributed by atoms with Gasteiger partial charge in [0.1, 0.15) is 5.82 Å². The molecule has 130 valence electrons. The monoisotopic (exact) mass is 340 g/mol. The summed E-state index contributed by atoms with van der Waals surface area (Å²) < 4.78 is 1.57. The molecule has 0 bridgehead atoms. The van der Waals surface area contributed by atoms with E-state index in [1.54, 1.807) is 4.68 Å². The fourth-order valence-electron chi connectivity index (χ4n) is 3.50. The molecule has 2 unspecified atom stereocenters. The summed E-state index contributed by atoms with van der Waals surface area (Å²) in [6.45, 7) is 4.31. The van der Waals surface area contributed by atoms with E-state index in [-0.39, 0.29) is 5.56 Å². The van der Waals surface area contributed by atoms with Crippen LogP contribution in [0.5, 0.6) is 0 Å². The van der Waals surface area contributed by atoms with Crippen LogP contribution in [0.2, 0.25) is 0 Å². The number of aromatic nitrogens is 3. The molecular weight excluding hydrogens is 320 g/mol. The van der Waals surface area contributed by atoms with Crippen molar-refractivity contribution in [1.82, 2.24) is 14.8 Å². The highest BCUT2D eigenvalue weighted by Gasteiger charge is 2.45. The molecule has 7 heteroatoms. The maximum Gasteiger partial charge on any atom is 0.338 e. The van der Waals surface area contributed by atoms with Crippen LogP contribution >= 0.6 is 0 Å². The van der Waals surface area contributed by atoms with Crippen molar-refractivity contribution in [3.05, 3.63) is 47.6 Å². The van der Waals surface area contributed by atoms with E-state index in [9.17, 15) is 9.90 Å². The molecule has 0 spiro atoms. The molecule has 0 amide bonds. The highest BCUT2D eigenvalue weighted by molar-refractivity contribution is 5.86. The summed E-state index contributed by atoms with van der Waals surface area (Å²) >= 11 is 0. The Hall–Kier alpha value is -2.83. The topological polar surface area (TPSA) is 91.5 Å². The lowest BCUT2D eigenvalue weighted by molar-refractivity contribution is 0.0696. The van der Waals surface area contributed by atoms with Crippen LogP contribution in [0, 0.1) is 11.8 Å². The molecule has 25 heavy (non-hydrogen) atoms. The predicted octanol–water partition coefficient (Wildman–Crippen LogP) is 2.40. The molecule has 3 heterocycles. The number of aliphatic hydroxyl groups is 1. The lowest BCUT2D eigenvalue weighted by atomic mass is 10.1. The molecule has 1 saturated carbocycles. The van der Waals surface area contributed by atoms with Gasteiger partial charge >= 0.3 is 5.97 Å². The summed E-state index contributed by atoms with van der Waals surface area (Å²) in [5.74, 6) is 1.56. The van der Waals surface area contributed by atoms with Crippen LogP contribution in [0.1, 0.15) is 35.0 Å². The zero-order chi connectivity index (χ0) is 17.6. The van der Waals surface area contributed by atoms with Gasteiger partial charge in [0.2, 0.25) is 0 Å². The maximum absolute atomic E-state index is 11.0. The summed E-state index contributed by atoms with van der Waals surface area (Å²) in [4.78, 5) is 18.1. The van der Waals surface area contributed by atoms with Crippen molar-refractivity contribution >= 4 is 17.4 Å². The van der Waals surface area contributed by atoms with Crippen LogP contribution < -0.4 is 4.90 Å². The zero-order valence-electron chi connectivity index (χ0n) is 14.0. The first-order chi connectivity index (χ1) is 12.0. The third-order valence-corrected chi connectivity index (χ3v) is 5.05. The van der Waals surface area contributed by atoms with Gasteiger partial charge in [0.05, 0.1) is 30.3 Å². The van der Waals surface area contributed by atoms with Crippen molar-refractivity contribution in [3.63, 3.8) is 0 Å². The third-order valence-electron chi connectivity index (χ3n) is 5.05. The fourth-order valence-corrected chi connectivity index (χ4v) is 3.50. The number of carboxylic acid groups (broad SMARTS) is 1. The van der Waals surface area contributed by atoms with Gasteiger partial charge in [-0.25, -0.2) is 9.78 Å². The Morgan fingerprint density at radius 1 is 1.36 bits per heavy atom. The van der Waals surface area contributed by atoms with E-state index in [1.165, 1.54) is 18.8 Å². The first-order valence-electron chi connectivity index (χ1n) is 8.37. The van der Waals surface area contributed by atoms with Gasteiger partial charge in [-0.15, -0.1) is 0 Å². The Morgan fingerprint density at radius 2 is 2.12 bits per heavy atom. The smallest absolute Gasteiger partial charge is 0.338 e. The standard InChI is InChI=1S/C18H20N4O3/c1-11(10-23)17-12(8-22-9-15(5-19-22)18(24)25)2-3-16(20-17)21-6-13-4-14(13)7-21/h2-3,5,9-10,13-14,23H,4,6-8H2,1H3,(H,24,25). The highest BCUT2D eigenvalue weighted by atomic mass is 16.4. The number of carboxylic acids is 1. The Bertz CT molecular complexity index is 848. The first kappa shape index (κ1) is 15.7. The third kappa shape index (κ3) is 2.97. The highest BCUT2D eigenvalue weighted by Crippen LogP contribution is 2.46. The van der Waals surface area contributed by atoms with E-state index >= 15 is 0 Å². The number of piperidine rings is 1. The summed E-state index contributed by atoms with van der Waals surface area (Å²) in [7, 11) is 0. The van der Waals surface area contributed by atoms with E-state index in [1.807, 2.05) is 19.1 Å². The molecule has 2 fully saturated rings. The number of aromatic carboxylic acids is 1. The van der Waals surface area contributed by atoms with E-state index in [0.29, 0.717) is 17.8 Å². The van der Waals surface area contributed by atoms with Crippen molar-refractivity contribution in [2.45, 2.75) is 19.9 Å². The second-order valence-corrected chi connectivity index (χ2v) is 6.88. The normalized spacial score (nSPS) is 22.1. The Kier molecular flexibility index (Phi) is 3.71. The summed E-state index contributed by atoms with van der Waals surface area (Å²) in [6.07, 6.45) is 5.21. The molecule has 2 aromatic heterocycles. The second kappa shape index (κ2) is 5.91. The van der Waals surface area contributed by atoms with Crippen molar-refractivity contribution in [1.29, 1.82) is 0 Å². The Morgan fingerprint density at radius 3 is 2.76 bits per heavy atom. The summed E-state index contributed by atoms with van der Waals surface area (Å²) in [6, 6.07) is 3.98. The van der Waals surface area contributed by atoms with Gasteiger partial charge in [0, 0.05) is 24.9 Å². The SMILES string of the molecule is CC(=CO)c1nc(N2CC3CC3C2)ccc1Cn1cc(C(=O)O)cn1. The van der Waals surface area contributed by atoms with Gasteiger partial charge in [-0.2, -0.15) is 5.10 Å². The minimum Gasteiger partial charge on any atom is -0.515 e. The van der Waals surface area contributed by atoms with Crippen LogP contribution in [-0.4, -0.2) is 44.0 Å². The van der Waals surface area contributed by atoms with Crippen LogP contribution in [0.15, 0.2) is 30.8 Å². The second-order valence-electron chi connectivity index (χ2n) is 6.88. The number of nitrogens with zero attached hydrogens (tertiary/aromatic N) is 4. The number of hydrogen-bond donors (Lipinski definition) is 2. The largest absolute Gasteiger partial charge is 0.515 e. The van der Waals surface area contributed by atoms with Gasteiger partial charge in [-0.1, -0.05) is 6.07 Å². The van der Waals surface area contributed by atoms with Gasteiger partial charge in [0.15, 0.2) is 0 Å². The molecule has 0 radical (unpaired) electrons. The number of pyridine rings is 1. The molecule has 2 N–H and O–H groups in total. The minimum absolute atomic E-state index is 0.150. The molecule has 1 aliphatic carbocycles. The minimum atomic E-state index is -1.00. The first-order valence-corrected chi connectivity index (χ1v) is 8.37. The van der Waals surface area contributed by atoms with Gasteiger partial charge in [-0.3, -0.25) is 4.68 Å². The van der Waals surface area contributed by atoms with Crippen molar-refractivity contribution in [2.24, 2.45) is 11.8 Å². The summed E-state index contributed by atoms with van der Waals surface area (Å²) in [5.41, 5.74) is 2.42. The van der Waals surface area contributed by atoms with E-state index in [2.05, 4.69) is 10.00 Å². The Labute approximate surface area is 145 Å². The molecule has 4 rings (SSSR count). The van der Waals surface area contributed by atoms with Gasteiger partial charge < -0.3 is 15.1 Å². The van der Waals surface area contributed by atoms with Gasteiger partial charge in [-0.05, 0) is 36.8 Å². The van der Waals surface area contributed by atoms with Crippen molar-refractivity contribution in [2.75, 3.05) is 18.0 Å². The summed E-state index contributed by atoms with van der Waals surface area (Å²) in [5, 5.41) is 22.5. The van der Waals surface area contributed by atoms with Crippen LogP contribution in [0.25, 0.3) is 5.57 Å². The predicted molar refractivity (Wildman–Crippen MR) is 92.6 cm³/mol. The number of allylic oxidation sites excluding steroid dienone is 1. The number of hydrogen-bond acceptors (Lipinski definition) is 5. The molecule has 2 aliphatic rings. The number of aliphatic hydroxyl groups excluding tert-OH is 1. The fraction of sp³-hybridized carbons (Fsp3) is 0.389. The molecule has 1 saturated heterocycles. The molecule has 2 aromatic rings. The lowest BCUT2D eigenvalue weighted by Gasteiger charge is -2.21. The molecule has 7 nitrogen and oxygen atoms in total. The van der Waals surface area contributed by atoms with Crippen molar-refractivity contribution in [3.8, 4) is 0 Å². The molecule has 0 aromatic carbocycles. The zero-order valence-corrected chi connectivity index (χ0v) is 14.0. The quantitative estimate of drug-likeness (QED) is 0.812. The van der Waals surface area contributed by atoms with Crippen LogP contribution in [-0.2, 0) is 6.54 Å². The number of anilines is 1. The van der Waals surface area contributed by atoms with Crippen molar-refractivity contribution < 1.29 is 15.0 Å². The van der Waals surface area contributed by atoms with Gasteiger partial charge in [0.25, 0.3) is 0 Å². The Balaban J connectivity index is 1.62. The number of fused-ring (bicyclic) bond motifs is 1. The van der Waals surface area contributed by atoms with E-state index in [4.69, 9.17) is 10.1 Å². The number of carbonyl (C=O) groups is 1. The maximum atomic E-state index is 11.0. The van der Waals surface area contributed by atoms with Crippen LogP contribution in [0.3, 0.4) is 0 Å². The molecular formula is C18H20N4O3.